The molecule has 14 nitrogen and oxygen atoms in total. The van der Waals surface area contributed by atoms with E-state index in [0.717, 1.165) is 0 Å². The van der Waals surface area contributed by atoms with E-state index in [0.29, 0.717) is 18.7 Å². The fraction of sp³-hybridized carbons (Fsp3) is 0.529. The van der Waals surface area contributed by atoms with Gasteiger partial charge in [0.1, 0.15) is 18.6 Å². The van der Waals surface area contributed by atoms with Crippen molar-refractivity contribution in [2.75, 3.05) is 13.1 Å². The van der Waals surface area contributed by atoms with Crippen molar-refractivity contribution >= 4 is 29.7 Å². The van der Waals surface area contributed by atoms with Gasteiger partial charge in [-0.05, 0) is 19.8 Å². The van der Waals surface area contributed by atoms with Gasteiger partial charge in [-0.1, -0.05) is 0 Å². The van der Waals surface area contributed by atoms with Crippen LogP contribution in [0.2, 0.25) is 0 Å². The maximum Gasteiger partial charge on any atom is 0.322 e. The molecular weight excluding hydrogens is 410 g/mol. The van der Waals surface area contributed by atoms with Gasteiger partial charge >= 0.3 is 5.97 Å². The van der Waals surface area contributed by atoms with Crippen LogP contribution in [0.25, 0.3) is 0 Å². The van der Waals surface area contributed by atoms with Crippen LogP contribution in [0.1, 0.15) is 25.5 Å². The summed E-state index contributed by atoms with van der Waals surface area (Å²) in [5, 5.41) is 15.8. The van der Waals surface area contributed by atoms with Crippen LogP contribution >= 0.6 is 0 Å². The summed E-state index contributed by atoms with van der Waals surface area (Å²) >= 11 is 0. The Morgan fingerprint density at radius 2 is 1.90 bits per heavy atom. The van der Waals surface area contributed by atoms with Crippen molar-refractivity contribution in [3.63, 3.8) is 0 Å². The topological polar surface area (TPSA) is 244 Å². The summed E-state index contributed by atoms with van der Waals surface area (Å²) in [5.41, 5.74) is 16.9. The fourth-order valence-electron chi connectivity index (χ4n) is 2.45. The number of carbonyl (C=O) groups is 4. The number of aliphatic imine (C=N–C) groups is 1. The second kappa shape index (κ2) is 12.8. The van der Waals surface area contributed by atoms with Crippen molar-refractivity contribution < 1.29 is 24.3 Å². The highest BCUT2D eigenvalue weighted by Crippen LogP contribution is 2.02. The quantitative estimate of drug-likeness (QED) is 0.0862. The number of aromatic nitrogens is 2. The van der Waals surface area contributed by atoms with Crippen LogP contribution in [0, 0.1) is 0 Å². The molecule has 31 heavy (non-hydrogen) atoms. The highest BCUT2D eigenvalue weighted by atomic mass is 16.4. The highest BCUT2D eigenvalue weighted by molar-refractivity contribution is 5.93. The zero-order valence-electron chi connectivity index (χ0n) is 17.1. The first-order chi connectivity index (χ1) is 14.6. The normalized spacial score (nSPS) is 13.4. The van der Waals surface area contributed by atoms with Crippen LogP contribution in [-0.2, 0) is 25.6 Å². The monoisotopic (exact) mass is 439 g/mol. The van der Waals surface area contributed by atoms with Crippen LogP contribution in [0.3, 0.4) is 0 Å². The molecule has 0 bridgehead atoms. The number of guanidine groups is 1. The first-order valence-corrected chi connectivity index (χ1v) is 9.48. The SMILES string of the molecule is CC(NC(=O)C(Cc1cnc[nH]1)NC(=O)C(N)CCCN=C(N)N)C(=O)NCC(=O)O. The zero-order chi connectivity index (χ0) is 23.4. The molecule has 0 radical (unpaired) electrons. The number of carbonyl (C=O) groups excluding carboxylic acids is 3. The van der Waals surface area contributed by atoms with E-state index in [1.165, 1.54) is 19.4 Å². The zero-order valence-corrected chi connectivity index (χ0v) is 17.1. The fourth-order valence-corrected chi connectivity index (χ4v) is 2.45. The minimum Gasteiger partial charge on any atom is -0.480 e. The smallest absolute Gasteiger partial charge is 0.322 e. The van der Waals surface area contributed by atoms with E-state index in [2.05, 4.69) is 30.9 Å². The van der Waals surface area contributed by atoms with E-state index < -0.39 is 48.4 Å². The van der Waals surface area contributed by atoms with Gasteiger partial charge in [-0.15, -0.1) is 0 Å². The summed E-state index contributed by atoms with van der Waals surface area (Å²) in [6.07, 6.45) is 3.73. The predicted octanol–water partition coefficient (Wildman–Crippen LogP) is -3.48. The summed E-state index contributed by atoms with van der Waals surface area (Å²) < 4.78 is 0. The van der Waals surface area contributed by atoms with E-state index >= 15 is 0 Å². The van der Waals surface area contributed by atoms with Gasteiger partial charge in [-0.25, -0.2) is 4.98 Å². The van der Waals surface area contributed by atoms with Crippen molar-refractivity contribution in [3.05, 3.63) is 18.2 Å². The molecule has 172 valence electrons. The molecule has 0 saturated heterocycles. The van der Waals surface area contributed by atoms with Gasteiger partial charge in [0, 0.05) is 24.9 Å². The van der Waals surface area contributed by atoms with Gasteiger partial charge in [0.05, 0.1) is 12.4 Å². The molecule has 0 aliphatic rings. The molecule has 1 rings (SSSR count). The Kier molecular flexibility index (Phi) is 10.5. The molecule has 1 aromatic rings. The van der Waals surface area contributed by atoms with Crippen LogP contribution < -0.4 is 33.2 Å². The lowest BCUT2D eigenvalue weighted by atomic mass is 10.1. The minimum atomic E-state index is -1.22. The van der Waals surface area contributed by atoms with Gasteiger partial charge in [-0.2, -0.15) is 0 Å². The second-order valence-electron chi connectivity index (χ2n) is 6.74. The standard InChI is InChI=1S/C17H29N9O5/c1-9(14(29)23-7-13(27)28)25-16(31)12(5-10-6-21-8-24-10)26-15(30)11(18)3-2-4-22-17(19)20/h6,8-9,11-12H,2-5,7,18H2,1H3,(H,21,24)(H,23,29)(H,25,31)(H,26,30)(H,27,28)(H4,19,20,22). The number of nitrogens with zero attached hydrogens (tertiary/aromatic N) is 2. The lowest BCUT2D eigenvalue weighted by Crippen LogP contribution is -2.56. The molecule has 11 N–H and O–H groups in total. The molecule has 0 aliphatic carbocycles. The number of amides is 3. The highest BCUT2D eigenvalue weighted by Gasteiger charge is 2.27. The molecular formula is C17H29N9O5. The summed E-state index contributed by atoms with van der Waals surface area (Å²) in [6.45, 7) is 1.12. The van der Waals surface area contributed by atoms with Crippen molar-refractivity contribution in [1.82, 2.24) is 25.9 Å². The number of carboxylic acid groups (broad SMARTS) is 1. The third kappa shape index (κ3) is 10.1. The Bertz CT molecular complexity index is 777. The number of H-pyrrole nitrogens is 1. The Balaban J connectivity index is 2.71. The third-order valence-electron chi connectivity index (χ3n) is 4.08. The average molecular weight is 439 g/mol. The van der Waals surface area contributed by atoms with Crippen molar-refractivity contribution in [2.24, 2.45) is 22.2 Å². The minimum absolute atomic E-state index is 0.0594. The third-order valence-corrected chi connectivity index (χ3v) is 4.08. The van der Waals surface area contributed by atoms with Crippen molar-refractivity contribution in [2.45, 2.75) is 44.3 Å². The summed E-state index contributed by atoms with van der Waals surface area (Å²) in [4.78, 5) is 58.1. The van der Waals surface area contributed by atoms with Gasteiger partial charge in [0.2, 0.25) is 17.7 Å². The Morgan fingerprint density at radius 1 is 1.19 bits per heavy atom. The maximum absolute atomic E-state index is 12.7. The number of aliphatic carboxylic acids is 1. The van der Waals surface area contributed by atoms with Gasteiger partial charge < -0.3 is 43.2 Å². The van der Waals surface area contributed by atoms with Crippen LogP contribution in [-0.4, -0.2) is 75.9 Å². The predicted molar refractivity (Wildman–Crippen MR) is 110 cm³/mol. The first-order valence-electron chi connectivity index (χ1n) is 9.48. The molecule has 0 saturated carbocycles. The summed E-state index contributed by atoms with van der Waals surface area (Å²) in [6, 6.07) is -2.98. The van der Waals surface area contributed by atoms with Gasteiger partial charge in [-0.3, -0.25) is 24.2 Å². The molecule has 1 aromatic heterocycles. The van der Waals surface area contributed by atoms with Crippen molar-refractivity contribution in [3.8, 4) is 0 Å². The molecule has 3 amide bonds. The van der Waals surface area contributed by atoms with Gasteiger partial charge in [0.25, 0.3) is 0 Å². The number of carboxylic acids is 1. The molecule has 0 aromatic carbocycles. The number of hydrogen-bond acceptors (Lipinski definition) is 7. The molecule has 0 aliphatic heterocycles. The van der Waals surface area contributed by atoms with Crippen LogP contribution in [0.15, 0.2) is 17.5 Å². The largest absolute Gasteiger partial charge is 0.480 e. The van der Waals surface area contributed by atoms with Crippen molar-refractivity contribution in [1.29, 1.82) is 0 Å². The number of rotatable bonds is 13. The van der Waals surface area contributed by atoms with E-state index in [1.54, 1.807) is 0 Å². The van der Waals surface area contributed by atoms with Gasteiger partial charge in [0.15, 0.2) is 5.96 Å². The lowest BCUT2D eigenvalue weighted by Gasteiger charge is -2.22. The van der Waals surface area contributed by atoms with Crippen LogP contribution in [0.4, 0.5) is 0 Å². The molecule has 3 unspecified atom stereocenters. The average Bonchev–Trinajstić information content (AvgIpc) is 3.21. The van der Waals surface area contributed by atoms with E-state index in [9.17, 15) is 19.2 Å². The Labute approximate surface area is 178 Å². The number of hydrogen-bond donors (Lipinski definition) is 8. The molecule has 14 heteroatoms. The Hall–Kier alpha value is -3.68. The number of aromatic amines is 1. The molecule has 3 atom stereocenters. The first kappa shape index (κ1) is 25.4. The number of nitrogens with one attached hydrogen (secondary N) is 4. The summed E-state index contributed by atoms with van der Waals surface area (Å²) in [5.74, 6) is -3.17. The Morgan fingerprint density at radius 3 is 2.48 bits per heavy atom. The van der Waals surface area contributed by atoms with Crippen LogP contribution in [0.5, 0.6) is 0 Å². The van der Waals surface area contributed by atoms with E-state index in [-0.39, 0.29) is 18.8 Å². The number of nitrogens with two attached hydrogens (primary N) is 3. The second-order valence-corrected chi connectivity index (χ2v) is 6.74. The summed E-state index contributed by atoms with van der Waals surface area (Å²) in [7, 11) is 0. The molecule has 0 fully saturated rings. The maximum atomic E-state index is 12.7. The molecule has 1 heterocycles. The number of imidazole rings is 1. The lowest BCUT2D eigenvalue weighted by molar-refractivity contribution is -0.138. The van der Waals surface area contributed by atoms with E-state index in [1.807, 2.05) is 0 Å². The van der Waals surface area contributed by atoms with E-state index in [4.69, 9.17) is 22.3 Å². The molecule has 0 spiro atoms.